The lowest BCUT2D eigenvalue weighted by atomic mass is 10.0. The standard InChI is InChI=1S/C13H14N4O/c1-2-11-15-12(17-13(14)16-11)9-7-18-10-6-4-3-5-8(9)10/h3-6,9H,2,7H2,1H3,(H2,14,15,16,17). The zero-order valence-corrected chi connectivity index (χ0v) is 10.1. The highest BCUT2D eigenvalue weighted by molar-refractivity contribution is 5.43. The number of para-hydroxylation sites is 1. The Morgan fingerprint density at radius 1 is 1.28 bits per heavy atom. The number of aromatic nitrogens is 3. The Morgan fingerprint density at radius 3 is 2.94 bits per heavy atom. The fraction of sp³-hybridized carbons (Fsp3) is 0.308. The molecule has 1 aliphatic rings. The number of hydrogen-bond acceptors (Lipinski definition) is 5. The molecule has 0 saturated heterocycles. The van der Waals surface area contributed by atoms with Crippen LogP contribution >= 0.6 is 0 Å². The summed E-state index contributed by atoms with van der Waals surface area (Å²) in [5.41, 5.74) is 6.84. The normalized spacial score (nSPS) is 17.3. The third-order valence-electron chi connectivity index (χ3n) is 3.04. The van der Waals surface area contributed by atoms with Crippen molar-refractivity contribution < 1.29 is 4.74 Å². The molecule has 1 atom stereocenters. The van der Waals surface area contributed by atoms with Gasteiger partial charge in [-0.25, -0.2) is 4.98 Å². The van der Waals surface area contributed by atoms with Crippen molar-refractivity contribution in [2.24, 2.45) is 0 Å². The molecule has 18 heavy (non-hydrogen) atoms. The second-order valence-electron chi connectivity index (χ2n) is 4.22. The van der Waals surface area contributed by atoms with Gasteiger partial charge in [0.15, 0.2) is 0 Å². The van der Waals surface area contributed by atoms with Crippen molar-refractivity contribution in [1.82, 2.24) is 15.0 Å². The Bertz CT molecular complexity index is 585. The Hall–Kier alpha value is -2.17. The lowest BCUT2D eigenvalue weighted by molar-refractivity contribution is 0.339. The molecule has 0 saturated carbocycles. The van der Waals surface area contributed by atoms with E-state index < -0.39 is 0 Å². The first kappa shape index (κ1) is 11.0. The molecule has 1 aliphatic heterocycles. The highest BCUT2D eigenvalue weighted by Crippen LogP contribution is 2.36. The maximum Gasteiger partial charge on any atom is 0.223 e. The first-order valence-corrected chi connectivity index (χ1v) is 6.00. The van der Waals surface area contributed by atoms with Crippen LogP contribution in [-0.4, -0.2) is 21.6 Å². The summed E-state index contributed by atoms with van der Waals surface area (Å²) < 4.78 is 5.64. The molecule has 2 N–H and O–H groups in total. The number of fused-ring (bicyclic) bond motifs is 1. The molecule has 0 spiro atoms. The van der Waals surface area contributed by atoms with Gasteiger partial charge in [-0.2, -0.15) is 9.97 Å². The number of nitrogen functional groups attached to an aromatic ring is 1. The largest absolute Gasteiger partial charge is 0.492 e. The van der Waals surface area contributed by atoms with Crippen molar-refractivity contribution in [2.75, 3.05) is 12.3 Å². The molecule has 2 heterocycles. The minimum Gasteiger partial charge on any atom is -0.492 e. The van der Waals surface area contributed by atoms with E-state index in [4.69, 9.17) is 10.5 Å². The summed E-state index contributed by atoms with van der Waals surface area (Å²) in [6.07, 6.45) is 0.745. The first-order valence-electron chi connectivity index (χ1n) is 6.00. The molecule has 5 heteroatoms. The maximum atomic E-state index is 5.72. The van der Waals surface area contributed by atoms with Crippen molar-refractivity contribution in [1.29, 1.82) is 0 Å². The number of ether oxygens (including phenoxy) is 1. The average molecular weight is 242 g/mol. The van der Waals surface area contributed by atoms with E-state index in [0.29, 0.717) is 12.4 Å². The number of nitrogens with zero attached hydrogens (tertiary/aromatic N) is 3. The van der Waals surface area contributed by atoms with Crippen LogP contribution < -0.4 is 10.5 Å². The Balaban J connectivity index is 2.04. The number of rotatable bonds is 2. The fourth-order valence-corrected chi connectivity index (χ4v) is 2.15. The summed E-state index contributed by atoms with van der Waals surface area (Å²) in [5, 5.41) is 0. The summed E-state index contributed by atoms with van der Waals surface area (Å²) in [6, 6.07) is 7.95. The summed E-state index contributed by atoms with van der Waals surface area (Å²) in [6.45, 7) is 2.56. The lowest BCUT2D eigenvalue weighted by Crippen LogP contribution is -2.12. The molecule has 0 fully saturated rings. The van der Waals surface area contributed by atoms with Crippen molar-refractivity contribution in [3.8, 4) is 5.75 Å². The topological polar surface area (TPSA) is 73.9 Å². The number of anilines is 1. The average Bonchev–Trinajstić information content (AvgIpc) is 2.81. The van der Waals surface area contributed by atoms with E-state index in [2.05, 4.69) is 15.0 Å². The quantitative estimate of drug-likeness (QED) is 0.864. The second kappa shape index (κ2) is 4.25. The van der Waals surface area contributed by atoms with Crippen molar-refractivity contribution >= 4 is 5.95 Å². The predicted molar refractivity (Wildman–Crippen MR) is 67.4 cm³/mol. The number of nitrogens with two attached hydrogens (primary N) is 1. The third kappa shape index (κ3) is 1.77. The van der Waals surface area contributed by atoms with E-state index in [9.17, 15) is 0 Å². The molecule has 5 nitrogen and oxygen atoms in total. The van der Waals surface area contributed by atoms with E-state index >= 15 is 0 Å². The van der Waals surface area contributed by atoms with Crippen LogP contribution in [0.2, 0.25) is 0 Å². The Labute approximate surface area is 105 Å². The number of benzene rings is 1. The molecule has 0 amide bonds. The van der Waals surface area contributed by atoms with Crippen LogP contribution in [0.25, 0.3) is 0 Å². The van der Waals surface area contributed by atoms with Crippen LogP contribution in [0.15, 0.2) is 24.3 Å². The molecule has 92 valence electrons. The minimum atomic E-state index is 0.0526. The van der Waals surface area contributed by atoms with Gasteiger partial charge in [-0.05, 0) is 6.07 Å². The maximum absolute atomic E-state index is 5.72. The zero-order chi connectivity index (χ0) is 12.5. The minimum absolute atomic E-state index is 0.0526. The zero-order valence-electron chi connectivity index (χ0n) is 10.1. The van der Waals surface area contributed by atoms with E-state index in [-0.39, 0.29) is 11.9 Å². The molecule has 1 unspecified atom stereocenters. The summed E-state index contributed by atoms with van der Waals surface area (Å²) in [4.78, 5) is 12.8. The molecule has 3 rings (SSSR count). The van der Waals surface area contributed by atoms with Crippen LogP contribution in [0.4, 0.5) is 5.95 Å². The van der Waals surface area contributed by atoms with Crippen LogP contribution in [0, 0.1) is 0 Å². The van der Waals surface area contributed by atoms with Gasteiger partial charge in [0.2, 0.25) is 5.95 Å². The molecule has 1 aromatic heterocycles. The van der Waals surface area contributed by atoms with Crippen molar-refractivity contribution in [3.63, 3.8) is 0 Å². The van der Waals surface area contributed by atoms with Gasteiger partial charge in [0.25, 0.3) is 0 Å². The van der Waals surface area contributed by atoms with Gasteiger partial charge in [0.1, 0.15) is 24.0 Å². The fourth-order valence-electron chi connectivity index (χ4n) is 2.15. The van der Waals surface area contributed by atoms with Crippen LogP contribution in [0.3, 0.4) is 0 Å². The molecule has 0 radical (unpaired) electrons. The van der Waals surface area contributed by atoms with Crippen molar-refractivity contribution in [3.05, 3.63) is 41.5 Å². The van der Waals surface area contributed by atoms with Gasteiger partial charge in [0.05, 0.1) is 5.92 Å². The highest BCUT2D eigenvalue weighted by Gasteiger charge is 2.28. The van der Waals surface area contributed by atoms with Crippen LogP contribution in [-0.2, 0) is 6.42 Å². The second-order valence-corrected chi connectivity index (χ2v) is 4.22. The van der Waals surface area contributed by atoms with Gasteiger partial charge in [-0.3, -0.25) is 0 Å². The summed E-state index contributed by atoms with van der Waals surface area (Å²) in [5.74, 6) is 2.66. The number of hydrogen-bond donors (Lipinski definition) is 1. The molecule has 1 aromatic carbocycles. The summed E-state index contributed by atoms with van der Waals surface area (Å²) in [7, 11) is 0. The first-order chi connectivity index (χ1) is 8.78. The van der Waals surface area contributed by atoms with Gasteiger partial charge in [-0.1, -0.05) is 25.1 Å². The molecular formula is C13H14N4O. The molecule has 0 aliphatic carbocycles. The summed E-state index contributed by atoms with van der Waals surface area (Å²) >= 11 is 0. The Morgan fingerprint density at radius 2 is 2.11 bits per heavy atom. The lowest BCUT2D eigenvalue weighted by Gasteiger charge is -2.08. The Kier molecular flexibility index (Phi) is 2.59. The molecular weight excluding hydrogens is 228 g/mol. The SMILES string of the molecule is CCc1nc(N)nc(C2COc3ccccc32)n1. The number of aryl methyl sites for hydroxylation is 1. The van der Waals surface area contributed by atoms with E-state index in [1.165, 1.54) is 0 Å². The van der Waals surface area contributed by atoms with Gasteiger partial charge in [-0.15, -0.1) is 0 Å². The van der Waals surface area contributed by atoms with E-state index in [1.54, 1.807) is 0 Å². The molecule has 2 aromatic rings. The van der Waals surface area contributed by atoms with Crippen LogP contribution in [0.1, 0.15) is 30.1 Å². The van der Waals surface area contributed by atoms with Gasteiger partial charge < -0.3 is 10.5 Å². The van der Waals surface area contributed by atoms with Crippen LogP contribution in [0.5, 0.6) is 5.75 Å². The molecule has 0 bridgehead atoms. The van der Waals surface area contributed by atoms with E-state index in [1.807, 2.05) is 31.2 Å². The highest BCUT2D eigenvalue weighted by atomic mass is 16.5. The monoisotopic (exact) mass is 242 g/mol. The predicted octanol–water partition coefficient (Wildman–Crippen LogP) is 1.54. The van der Waals surface area contributed by atoms with E-state index in [0.717, 1.165) is 23.6 Å². The van der Waals surface area contributed by atoms with Gasteiger partial charge in [0, 0.05) is 12.0 Å². The van der Waals surface area contributed by atoms with Crippen molar-refractivity contribution in [2.45, 2.75) is 19.3 Å². The van der Waals surface area contributed by atoms with Gasteiger partial charge >= 0.3 is 0 Å². The third-order valence-corrected chi connectivity index (χ3v) is 3.04. The smallest absolute Gasteiger partial charge is 0.223 e.